The van der Waals surface area contributed by atoms with E-state index in [1.807, 2.05) is 84.2 Å². The van der Waals surface area contributed by atoms with E-state index < -0.39 is 5.97 Å². The van der Waals surface area contributed by atoms with Crippen molar-refractivity contribution in [3.05, 3.63) is 113 Å². The lowest BCUT2D eigenvalue weighted by molar-refractivity contribution is 0.0601. The van der Waals surface area contributed by atoms with E-state index in [4.69, 9.17) is 19.9 Å². The Morgan fingerprint density at radius 2 is 1.69 bits per heavy atom. The van der Waals surface area contributed by atoms with Crippen molar-refractivity contribution in [3.63, 3.8) is 0 Å². The molecule has 9 heteroatoms. The van der Waals surface area contributed by atoms with Crippen LogP contribution in [-0.2, 0) is 11.3 Å². The number of nitrogens with zero attached hydrogens (tertiary/aromatic N) is 1. The predicted octanol–water partition coefficient (Wildman–Crippen LogP) is 7.82. The summed E-state index contributed by atoms with van der Waals surface area (Å²) in [6.45, 7) is 0.307. The summed E-state index contributed by atoms with van der Waals surface area (Å²) in [7, 11) is 2.93. The molecule has 8 nitrogen and oxygen atoms in total. The number of pyridine rings is 1. The maximum atomic E-state index is 14.2. The molecule has 0 saturated heterocycles. The van der Waals surface area contributed by atoms with E-state index in [0.29, 0.717) is 46.1 Å². The number of nitrogens with two attached hydrogens (primary N) is 1. The molecule has 222 valence electrons. The molecule has 0 fully saturated rings. The van der Waals surface area contributed by atoms with Gasteiger partial charge in [0.05, 0.1) is 19.8 Å². The van der Waals surface area contributed by atoms with E-state index in [1.165, 1.54) is 18.4 Å². The van der Waals surface area contributed by atoms with Crippen LogP contribution in [-0.4, -0.2) is 31.1 Å². The van der Waals surface area contributed by atoms with Gasteiger partial charge < -0.3 is 25.3 Å². The fourth-order valence-corrected chi connectivity index (χ4v) is 6.50. The number of hydrogen-bond donors (Lipinski definition) is 2. The van der Waals surface area contributed by atoms with Crippen LogP contribution in [0.25, 0.3) is 43.5 Å². The Morgan fingerprint density at radius 3 is 2.49 bits per heavy atom. The maximum absolute atomic E-state index is 14.2. The number of rotatable bonds is 6. The largest absolute Gasteiger partial charge is 0.496 e. The van der Waals surface area contributed by atoms with Crippen LogP contribution in [0.5, 0.6) is 11.5 Å². The second-order valence-corrected chi connectivity index (χ2v) is 11.4. The first kappa shape index (κ1) is 28.1. The molecule has 1 amide bonds. The molecule has 2 aromatic heterocycles. The molecular formula is C36H27N3O5S. The number of esters is 1. The fourth-order valence-electron chi connectivity index (χ4n) is 5.75. The van der Waals surface area contributed by atoms with Crippen molar-refractivity contribution in [1.29, 1.82) is 0 Å². The van der Waals surface area contributed by atoms with Crippen LogP contribution in [0.4, 0.5) is 11.5 Å². The van der Waals surface area contributed by atoms with Gasteiger partial charge in [0, 0.05) is 38.8 Å². The lowest BCUT2D eigenvalue weighted by Crippen LogP contribution is -2.15. The average molecular weight is 614 g/mol. The molecule has 4 aromatic carbocycles. The van der Waals surface area contributed by atoms with Gasteiger partial charge in [-0.25, -0.2) is 9.78 Å². The topological polar surface area (TPSA) is 113 Å². The fraction of sp³-hybridized carbons (Fsp3) is 0.0833. The monoisotopic (exact) mass is 613 g/mol. The minimum atomic E-state index is -0.523. The number of anilines is 2. The molecule has 7 rings (SSSR count). The van der Waals surface area contributed by atoms with Crippen molar-refractivity contribution in [1.82, 2.24) is 4.98 Å². The summed E-state index contributed by atoms with van der Waals surface area (Å²) in [6.07, 6.45) is 1.63. The number of nitrogens with one attached hydrogen (secondary N) is 1. The molecule has 0 spiro atoms. The van der Waals surface area contributed by atoms with Gasteiger partial charge in [0.1, 0.15) is 23.9 Å². The zero-order chi connectivity index (χ0) is 31.1. The summed E-state index contributed by atoms with van der Waals surface area (Å²) in [5.41, 5.74) is 11.7. The third-order valence-electron chi connectivity index (χ3n) is 7.92. The number of carbonyl (C=O) groups excluding carboxylic acids is 2. The van der Waals surface area contributed by atoms with Gasteiger partial charge in [-0.3, -0.25) is 4.79 Å². The van der Waals surface area contributed by atoms with Crippen LogP contribution >= 0.6 is 11.3 Å². The Balaban J connectivity index is 1.42. The van der Waals surface area contributed by atoms with Crippen LogP contribution < -0.4 is 20.5 Å². The van der Waals surface area contributed by atoms with Crippen molar-refractivity contribution in [3.8, 4) is 44.2 Å². The quantitative estimate of drug-likeness (QED) is 0.184. The van der Waals surface area contributed by atoms with Gasteiger partial charge >= 0.3 is 5.97 Å². The number of thiophene rings is 1. The smallest absolute Gasteiger partial charge is 0.338 e. The van der Waals surface area contributed by atoms with Crippen LogP contribution in [0.2, 0.25) is 0 Å². The van der Waals surface area contributed by atoms with Gasteiger partial charge in [-0.1, -0.05) is 24.3 Å². The second kappa shape index (κ2) is 11.4. The number of hydrogen-bond acceptors (Lipinski definition) is 8. The highest BCUT2D eigenvalue weighted by Gasteiger charge is 2.27. The number of nitrogen functional groups attached to an aromatic ring is 1. The van der Waals surface area contributed by atoms with Gasteiger partial charge in [-0.15, -0.1) is 11.3 Å². The predicted molar refractivity (Wildman–Crippen MR) is 177 cm³/mol. The highest BCUT2D eigenvalue weighted by atomic mass is 32.1. The molecule has 0 atom stereocenters. The van der Waals surface area contributed by atoms with Crippen LogP contribution in [0.1, 0.15) is 26.3 Å². The number of methoxy groups -OCH3 is 2. The Hall–Kier alpha value is -5.67. The highest BCUT2D eigenvalue weighted by Crippen LogP contribution is 2.44. The molecule has 1 aliphatic heterocycles. The Bertz CT molecular complexity index is 2120. The van der Waals surface area contributed by atoms with Gasteiger partial charge in [0.2, 0.25) is 0 Å². The minimum Gasteiger partial charge on any atom is -0.496 e. The van der Waals surface area contributed by atoms with E-state index in [9.17, 15) is 9.59 Å². The van der Waals surface area contributed by atoms with E-state index in [1.54, 1.807) is 19.4 Å². The van der Waals surface area contributed by atoms with Gasteiger partial charge in [-0.05, 0) is 93.7 Å². The molecule has 1 aliphatic rings. The van der Waals surface area contributed by atoms with Crippen LogP contribution in [0.3, 0.4) is 0 Å². The number of aromatic nitrogens is 1. The minimum absolute atomic E-state index is 0.307. The molecule has 0 aliphatic carbocycles. The summed E-state index contributed by atoms with van der Waals surface area (Å²) >= 11 is 1.54. The Labute approximate surface area is 263 Å². The summed E-state index contributed by atoms with van der Waals surface area (Å²) in [5.74, 6) is 0.834. The molecule has 45 heavy (non-hydrogen) atoms. The number of amides is 1. The first-order chi connectivity index (χ1) is 21.9. The first-order valence-corrected chi connectivity index (χ1v) is 15.0. The Kier molecular flexibility index (Phi) is 7.15. The maximum Gasteiger partial charge on any atom is 0.338 e. The molecular weight excluding hydrogens is 586 g/mol. The van der Waals surface area contributed by atoms with Crippen molar-refractivity contribution in [2.75, 3.05) is 25.3 Å². The molecule has 0 radical (unpaired) electrons. The lowest BCUT2D eigenvalue weighted by Gasteiger charge is -2.24. The van der Waals surface area contributed by atoms with Gasteiger partial charge in [0.25, 0.3) is 5.91 Å². The lowest BCUT2D eigenvalue weighted by atomic mass is 9.87. The molecule has 3 heterocycles. The molecule has 6 aromatic rings. The Morgan fingerprint density at radius 1 is 0.867 bits per heavy atom. The van der Waals surface area contributed by atoms with Crippen LogP contribution in [0, 0.1) is 0 Å². The summed E-state index contributed by atoms with van der Waals surface area (Å²) in [6, 6.07) is 26.3. The number of para-hydroxylation sites is 1. The second-order valence-electron chi connectivity index (χ2n) is 10.5. The number of fused-ring (bicyclic) bond motifs is 4. The van der Waals surface area contributed by atoms with E-state index in [0.717, 1.165) is 43.7 Å². The van der Waals surface area contributed by atoms with E-state index >= 15 is 0 Å². The average Bonchev–Trinajstić information content (AvgIpc) is 3.62. The van der Waals surface area contributed by atoms with Crippen molar-refractivity contribution >= 4 is 45.5 Å². The molecule has 0 unspecified atom stereocenters. The van der Waals surface area contributed by atoms with Crippen LogP contribution in [0.15, 0.2) is 96.5 Å². The van der Waals surface area contributed by atoms with Crippen molar-refractivity contribution in [2.45, 2.75) is 6.61 Å². The highest BCUT2D eigenvalue weighted by molar-refractivity contribution is 7.13. The molecule has 0 saturated carbocycles. The standard InChI is InChI=1S/C36H27N3O5S/c1-42-32-18-27(26-15-21-19-44-31-7-4-3-6-24(31)25(21)16-29(26)36(41)43-2)28(17-30(32)33-8-5-13-45-33)35(40)39-22-9-10-23-20(14-22)11-12-38-34(23)37/h3-18H,19H2,1-2H3,(H2,37,38)(H,39,40). The third kappa shape index (κ3) is 5.03. The zero-order valence-corrected chi connectivity index (χ0v) is 25.2. The molecule has 3 N–H and O–H groups in total. The number of benzene rings is 4. The number of ether oxygens (including phenoxy) is 3. The SMILES string of the molecule is COC(=O)c1cc2c(cc1-c1cc(OC)c(-c3cccs3)cc1C(=O)Nc1ccc3c(N)nccc3c1)COc1ccccc1-2. The summed E-state index contributed by atoms with van der Waals surface area (Å²) < 4.78 is 17.1. The van der Waals surface area contributed by atoms with Gasteiger partial charge in [-0.2, -0.15) is 0 Å². The number of carbonyl (C=O) groups is 2. The third-order valence-corrected chi connectivity index (χ3v) is 8.83. The van der Waals surface area contributed by atoms with E-state index in [-0.39, 0.29) is 5.91 Å². The zero-order valence-electron chi connectivity index (χ0n) is 24.4. The van der Waals surface area contributed by atoms with Gasteiger partial charge in [0.15, 0.2) is 0 Å². The first-order valence-electron chi connectivity index (χ1n) is 14.1. The van der Waals surface area contributed by atoms with Crippen molar-refractivity contribution in [2.24, 2.45) is 0 Å². The molecule has 0 bridgehead atoms. The normalized spacial score (nSPS) is 11.7. The summed E-state index contributed by atoms with van der Waals surface area (Å²) in [4.78, 5) is 32.6. The summed E-state index contributed by atoms with van der Waals surface area (Å²) in [5, 5.41) is 6.65. The van der Waals surface area contributed by atoms with Crippen molar-refractivity contribution < 1.29 is 23.8 Å². The van der Waals surface area contributed by atoms with E-state index in [2.05, 4.69) is 10.3 Å².